The molecule has 1 aliphatic carbocycles. The van der Waals surface area contributed by atoms with Crippen LogP contribution in [0.2, 0.25) is 0 Å². The van der Waals surface area contributed by atoms with Gasteiger partial charge in [-0.2, -0.15) is 0 Å². The Bertz CT molecular complexity index is 724. The van der Waals surface area contributed by atoms with E-state index >= 15 is 0 Å². The van der Waals surface area contributed by atoms with Crippen molar-refractivity contribution in [2.24, 2.45) is 0 Å². The second-order valence-corrected chi connectivity index (χ2v) is 6.75. The molecule has 0 amide bonds. The number of benzene rings is 1. The maximum atomic E-state index is 13.2. The van der Waals surface area contributed by atoms with Gasteiger partial charge in [-0.05, 0) is 37.0 Å². The van der Waals surface area contributed by atoms with E-state index in [1.807, 2.05) is 24.3 Å². The molecule has 1 unspecified atom stereocenters. The van der Waals surface area contributed by atoms with Gasteiger partial charge in [-0.3, -0.25) is 4.79 Å². The molecule has 0 fully saturated rings. The molecule has 1 aromatic rings. The van der Waals surface area contributed by atoms with E-state index in [2.05, 4.69) is 6.92 Å². The summed E-state index contributed by atoms with van der Waals surface area (Å²) >= 11 is 0. The second kappa shape index (κ2) is 10.4. The van der Waals surface area contributed by atoms with Gasteiger partial charge in [-0.25, -0.2) is 4.79 Å². The topological polar surface area (TPSA) is 71.1 Å². The van der Waals surface area contributed by atoms with Crippen LogP contribution in [0, 0.1) is 0 Å². The normalized spacial score (nSPS) is 18.2. The van der Waals surface area contributed by atoms with Crippen molar-refractivity contribution < 1.29 is 28.5 Å². The predicted octanol–water partition coefficient (Wildman–Crippen LogP) is 3.76. The molecule has 0 aliphatic heterocycles. The first kappa shape index (κ1) is 22.1. The molecule has 0 bridgehead atoms. The van der Waals surface area contributed by atoms with Crippen LogP contribution in [0.25, 0.3) is 6.08 Å². The lowest BCUT2D eigenvalue weighted by molar-refractivity contribution is -0.179. The molecular weight excluding hydrogens is 360 g/mol. The maximum absolute atomic E-state index is 13.2. The average Bonchev–Trinajstić information content (AvgIpc) is 2.71. The SMILES string of the molecule is CCCCCc1cccc2c1C=C(OC)CC2(OCOC)C(=O)C(=O)OCC. The first-order valence-corrected chi connectivity index (χ1v) is 9.75. The summed E-state index contributed by atoms with van der Waals surface area (Å²) < 4.78 is 21.4. The van der Waals surface area contributed by atoms with Gasteiger partial charge in [0, 0.05) is 19.1 Å². The molecule has 6 heteroatoms. The Morgan fingerprint density at radius 3 is 2.57 bits per heavy atom. The summed E-state index contributed by atoms with van der Waals surface area (Å²) in [5.74, 6) is -1.09. The van der Waals surface area contributed by atoms with Crippen molar-refractivity contribution in [1.82, 2.24) is 0 Å². The number of fused-ring (bicyclic) bond motifs is 1. The fraction of sp³-hybridized carbons (Fsp3) is 0.545. The second-order valence-electron chi connectivity index (χ2n) is 6.75. The van der Waals surface area contributed by atoms with E-state index in [4.69, 9.17) is 18.9 Å². The summed E-state index contributed by atoms with van der Waals surface area (Å²) in [6, 6.07) is 5.77. The Morgan fingerprint density at radius 2 is 1.93 bits per heavy atom. The summed E-state index contributed by atoms with van der Waals surface area (Å²) in [6.07, 6.45) is 6.20. The molecule has 0 saturated heterocycles. The van der Waals surface area contributed by atoms with Crippen molar-refractivity contribution >= 4 is 17.8 Å². The van der Waals surface area contributed by atoms with Gasteiger partial charge in [-0.15, -0.1) is 0 Å². The van der Waals surface area contributed by atoms with Gasteiger partial charge in [0.05, 0.1) is 19.5 Å². The zero-order valence-electron chi connectivity index (χ0n) is 17.2. The molecule has 6 nitrogen and oxygen atoms in total. The third kappa shape index (κ3) is 4.62. The highest BCUT2D eigenvalue weighted by molar-refractivity contribution is 6.37. The number of hydrogen-bond donors (Lipinski definition) is 0. The van der Waals surface area contributed by atoms with E-state index in [1.54, 1.807) is 14.0 Å². The van der Waals surface area contributed by atoms with E-state index in [-0.39, 0.29) is 19.8 Å². The number of unbranched alkanes of at least 4 members (excludes halogenated alkanes) is 2. The standard InChI is InChI=1S/C22H30O6/c1-5-7-8-10-16-11-9-12-19-18(16)13-17(26-4)14-22(19,28-15-25-3)20(23)21(24)27-6-2/h9,11-13H,5-8,10,14-15H2,1-4H3. The molecule has 1 aliphatic rings. The number of carbonyl (C=O) groups excluding carboxylic acids is 2. The number of ketones is 1. The Hall–Kier alpha value is -2.18. The summed E-state index contributed by atoms with van der Waals surface area (Å²) in [5, 5.41) is 0. The van der Waals surface area contributed by atoms with Crippen molar-refractivity contribution in [3.05, 3.63) is 40.6 Å². The van der Waals surface area contributed by atoms with Crippen LogP contribution in [0.3, 0.4) is 0 Å². The van der Waals surface area contributed by atoms with Crippen LogP contribution in [0.4, 0.5) is 0 Å². The first-order valence-electron chi connectivity index (χ1n) is 9.75. The highest BCUT2D eigenvalue weighted by Crippen LogP contribution is 2.43. The number of ether oxygens (including phenoxy) is 4. The number of aryl methyl sites for hydroxylation is 1. The third-order valence-electron chi connectivity index (χ3n) is 4.92. The van der Waals surface area contributed by atoms with Crippen molar-refractivity contribution in [2.75, 3.05) is 27.6 Å². The number of esters is 1. The van der Waals surface area contributed by atoms with Gasteiger partial charge >= 0.3 is 5.97 Å². The molecule has 0 saturated carbocycles. The number of hydrogen-bond acceptors (Lipinski definition) is 6. The van der Waals surface area contributed by atoms with Crippen molar-refractivity contribution in [3.63, 3.8) is 0 Å². The molecule has 0 spiro atoms. The van der Waals surface area contributed by atoms with Gasteiger partial charge in [0.2, 0.25) is 0 Å². The predicted molar refractivity (Wildman–Crippen MR) is 106 cm³/mol. The molecular formula is C22H30O6. The van der Waals surface area contributed by atoms with Crippen LogP contribution in [0.5, 0.6) is 0 Å². The van der Waals surface area contributed by atoms with Crippen LogP contribution in [0.1, 0.15) is 56.2 Å². The molecule has 0 heterocycles. The lowest BCUT2D eigenvalue weighted by atomic mass is 9.76. The quantitative estimate of drug-likeness (QED) is 0.248. The van der Waals surface area contributed by atoms with Gasteiger partial charge < -0.3 is 18.9 Å². The van der Waals surface area contributed by atoms with Gasteiger partial charge in [0.1, 0.15) is 6.79 Å². The molecule has 2 rings (SSSR count). The van der Waals surface area contributed by atoms with Crippen LogP contribution in [-0.4, -0.2) is 39.4 Å². The fourth-order valence-corrected chi connectivity index (χ4v) is 3.52. The van der Waals surface area contributed by atoms with E-state index in [0.29, 0.717) is 11.3 Å². The summed E-state index contributed by atoms with van der Waals surface area (Å²) in [7, 11) is 3.02. The van der Waals surface area contributed by atoms with Gasteiger partial charge in [0.15, 0.2) is 5.60 Å². The van der Waals surface area contributed by atoms with E-state index < -0.39 is 17.4 Å². The lowest BCUT2D eigenvalue weighted by Gasteiger charge is -2.36. The largest absolute Gasteiger partial charge is 0.501 e. The van der Waals surface area contributed by atoms with Crippen molar-refractivity contribution in [3.8, 4) is 0 Å². The Kier molecular flexibility index (Phi) is 8.20. The minimum absolute atomic E-state index is 0.107. The Labute approximate surface area is 166 Å². The van der Waals surface area contributed by atoms with Gasteiger partial charge in [-0.1, -0.05) is 38.0 Å². The molecule has 28 heavy (non-hydrogen) atoms. The van der Waals surface area contributed by atoms with E-state index in [1.165, 1.54) is 7.11 Å². The van der Waals surface area contributed by atoms with Crippen LogP contribution < -0.4 is 0 Å². The molecule has 0 radical (unpaired) electrons. The number of carbonyl (C=O) groups is 2. The number of methoxy groups -OCH3 is 2. The minimum atomic E-state index is -1.53. The summed E-state index contributed by atoms with van der Waals surface area (Å²) in [4.78, 5) is 25.5. The molecule has 1 atom stereocenters. The minimum Gasteiger partial charge on any atom is -0.501 e. The maximum Gasteiger partial charge on any atom is 0.378 e. The van der Waals surface area contributed by atoms with Crippen molar-refractivity contribution in [2.45, 2.75) is 51.6 Å². The Morgan fingerprint density at radius 1 is 1.14 bits per heavy atom. The number of rotatable bonds is 11. The highest BCUT2D eigenvalue weighted by atomic mass is 16.7. The smallest absolute Gasteiger partial charge is 0.378 e. The summed E-state index contributed by atoms with van der Waals surface area (Å²) in [6.45, 7) is 3.80. The summed E-state index contributed by atoms with van der Waals surface area (Å²) in [5.41, 5.74) is 1.09. The van der Waals surface area contributed by atoms with Gasteiger partial charge in [0.25, 0.3) is 5.78 Å². The first-order chi connectivity index (χ1) is 13.5. The molecule has 154 valence electrons. The molecule has 1 aromatic carbocycles. The van der Waals surface area contributed by atoms with Crippen LogP contribution in [-0.2, 0) is 40.6 Å². The zero-order chi connectivity index (χ0) is 20.6. The third-order valence-corrected chi connectivity index (χ3v) is 4.92. The average molecular weight is 390 g/mol. The van der Waals surface area contributed by atoms with E-state index in [9.17, 15) is 9.59 Å². The fourth-order valence-electron chi connectivity index (χ4n) is 3.52. The van der Waals surface area contributed by atoms with E-state index in [0.717, 1.165) is 36.8 Å². The lowest BCUT2D eigenvalue weighted by Crippen LogP contribution is -2.46. The monoisotopic (exact) mass is 390 g/mol. The van der Waals surface area contributed by atoms with Crippen LogP contribution in [0.15, 0.2) is 24.0 Å². The zero-order valence-corrected chi connectivity index (χ0v) is 17.2. The van der Waals surface area contributed by atoms with Crippen molar-refractivity contribution in [1.29, 1.82) is 0 Å². The number of Topliss-reactive ketones (excluding diaryl/α,β-unsaturated/α-hetero) is 1. The molecule has 0 aromatic heterocycles. The molecule has 0 N–H and O–H groups in total. The highest BCUT2D eigenvalue weighted by Gasteiger charge is 2.50. The van der Waals surface area contributed by atoms with Crippen LogP contribution >= 0.6 is 0 Å². The Balaban J connectivity index is 2.58.